The largest absolute Gasteiger partial charge is 0.508 e. The number of hydrogen-bond acceptors (Lipinski definition) is 6. The second-order valence-electron chi connectivity index (χ2n) is 14.8. The molecule has 256 valence electrons. The van der Waals surface area contributed by atoms with Gasteiger partial charge in [-0.1, -0.05) is 67.2 Å². The van der Waals surface area contributed by atoms with Crippen molar-refractivity contribution in [1.29, 1.82) is 0 Å². The molecular formula is C32H64ClIO6W2-2. The first-order chi connectivity index (χ1) is 17.3. The van der Waals surface area contributed by atoms with Gasteiger partial charge in [-0.25, -0.2) is 9.59 Å². The van der Waals surface area contributed by atoms with Crippen molar-refractivity contribution in [1.82, 2.24) is 0 Å². The Bertz CT molecular complexity index is 603. The van der Waals surface area contributed by atoms with Gasteiger partial charge in [-0.2, -0.15) is 10.8 Å². The number of carbonyl (C=O) groups excluding carboxylic acids is 2. The summed E-state index contributed by atoms with van der Waals surface area (Å²) in [6.45, 7) is 31.7. The van der Waals surface area contributed by atoms with Crippen molar-refractivity contribution in [2.24, 2.45) is 22.7 Å². The smallest absolute Gasteiger partial charge is 0.448 e. The van der Waals surface area contributed by atoms with Crippen LogP contribution in [-0.4, -0.2) is 41.1 Å². The Morgan fingerprint density at radius 1 is 0.690 bits per heavy atom. The summed E-state index contributed by atoms with van der Waals surface area (Å²) in [5.41, 5.74) is -1.16. The number of rotatable bonds is 3. The zero-order chi connectivity index (χ0) is 31.5. The fraction of sp³-hybridized carbons (Fsp3) is 0.875. The summed E-state index contributed by atoms with van der Waals surface area (Å²) in [5, 5.41) is 8.57. The molecule has 2 rings (SSSR count). The van der Waals surface area contributed by atoms with Gasteiger partial charge < -0.3 is 33.2 Å². The third kappa shape index (κ3) is 64.1. The van der Waals surface area contributed by atoms with Crippen LogP contribution in [0.2, 0.25) is 0 Å². The van der Waals surface area contributed by atoms with Crippen molar-refractivity contribution in [3.63, 3.8) is 0 Å². The second-order valence-corrected chi connectivity index (χ2v) is 15.1. The number of halogens is 2. The van der Waals surface area contributed by atoms with Crippen LogP contribution in [0, 0.1) is 36.5 Å². The van der Waals surface area contributed by atoms with Gasteiger partial charge in [0.2, 0.25) is 0 Å². The maximum atomic E-state index is 11.2. The van der Waals surface area contributed by atoms with E-state index in [0.29, 0.717) is 25.0 Å². The summed E-state index contributed by atoms with van der Waals surface area (Å²) >= 11 is 4.90. The molecule has 2 fully saturated rings. The summed E-state index contributed by atoms with van der Waals surface area (Å²) in [4.78, 5) is 21.2. The molecule has 0 radical (unpaired) electrons. The molecule has 0 bridgehead atoms. The van der Waals surface area contributed by atoms with Crippen molar-refractivity contribution in [2.75, 3.05) is 13.2 Å². The molecule has 6 nitrogen and oxygen atoms in total. The molecule has 0 spiro atoms. The van der Waals surface area contributed by atoms with Crippen molar-refractivity contribution in [2.45, 2.75) is 146 Å². The summed E-state index contributed by atoms with van der Waals surface area (Å²) in [6, 6.07) is 0. The van der Waals surface area contributed by atoms with E-state index in [-0.39, 0.29) is 76.9 Å². The van der Waals surface area contributed by atoms with Crippen molar-refractivity contribution in [3.05, 3.63) is 13.8 Å². The van der Waals surface area contributed by atoms with Gasteiger partial charge in [-0.05, 0) is 79.1 Å². The first-order valence-corrected chi connectivity index (χ1v) is 14.8. The van der Waals surface area contributed by atoms with E-state index in [9.17, 15) is 9.59 Å². The molecule has 0 aromatic heterocycles. The van der Waals surface area contributed by atoms with E-state index in [1.165, 1.54) is 51.4 Å². The van der Waals surface area contributed by atoms with Crippen molar-refractivity contribution in [3.8, 4) is 0 Å². The van der Waals surface area contributed by atoms with Gasteiger partial charge in [0.05, 0.1) is 6.61 Å². The number of aliphatic hydroxyl groups excluding tert-OH is 1. The van der Waals surface area contributed by atoms with Gasteiger partial charge in [0, 0.05) is 60.3 Å². The minimum atomic E-state index is -0.752. The molecular weight excluding hydrogens is 1010 g/mol. The van der Waals surface area contributed by atoms with Crippen LogP contribution in [-0.2, 0) is 56.3 Å². The SMILES string of the molecule is CC(C)(C)OC(=O)Cl.CC(C)(C)OC(=O)OCC1CCCC1.I.OCC1CCCC1.[CH2-]C(C)(C)C.[CH2-]C(C)(C)C.[W].[W]. The first-order valence-electron chi connectivity index (χ1n) is 14.4. The molecule has 0 unspecified atom stereocenters. The van der Waals surface area contributed by atoms with Crippen molar-refractivity contribution < 1.29 is 71.0 Å². The van der Waals surface area contributed by atoms with Gasteiger partial charge in [0.15, 0.2) is 0 Å². The van der Waals surface area contributed by atoms with E-state index in [0.717, 1.165) is 0 Å². The fourth-order valence-corrected chi connectivity index (χ4v) is 3.31. The monoisotopic (exact) mass is 1070 g/mol. The third-order valence-corrected chi connectivity index (χ3v) is 4.50. The molecule has 2 aliphatic carbocycles. The number of aliphatic hydroxyl groups is 1. The van der Waals surface area contributed by atoms with Gasteiger partial charge in [0.1, 0.15) is 11.2 Å². The predicted octanol–water partition coefficient (Wildman–Crippen LogP) is 10.8. The summed E-state index contributed by atoms with van der Waals surface area (Å²) < 4.78 is 14.6. The topological polar surface area (TPSA) is 82.1 Å². The summed E-state index contributed by atoms with van der Waals surface area (Å²) in [6.07, 6.45) is 9.56. The van der Waals surface area contributed by atoms with Gasteiger partial charge in [0.25, 0.3) is 0 Å². The molecule has 42 heavy (non-hydrogen) atoms. The van der Waals surface area contributed by atoms with Gasteiger partial charge in [-0.3, -0.25) is 0 Å². The molecule has 0 atom stereocenters. The second kappa shape index (κ2) is 28.3. The van der Waals surface area contributed by atoms with E-state index < -0.39 is 22.8 Å². The van der Waals surface area contributed by atoms with E-state index in [4.69, 9.17) is 26.2 Å². The standard InChI is InChI=1S/C11H20O3.C6H12O.C5H9ClO2.2C5H11.HI.2W/c1-11(2,3)14-10(12)13-8-9-6-4-5-7-9;7-5-6-3-1-2-4-6;1-5(2,3)8-4(6)7;2*1-5(2,3)4;;;/h9H,4-8H2,1-3H3;6-7H,1-5H2;1-3H3;2*1H2,2-4H3;1H;;/q;;;2*-1;;;. The Balaban J connectivity index is -0.000000101. The van der Waals surface area contributed by atoms with Crippen LogP contribution in [0.5, 0.6) is 0 Å². The zero-order valence-corrected chi connectivity index (χ0v) is 37.7. The maximum absolute atomic E-state index is 11.2. The third-order valence-electron chi connectivity index (χ3n) is 4.42. The van der Waals surface area contributed by atoms with Gasteiger partial charge >= 0.3 is 11.6 Å². The Kier molecular flexibility index (Phi) is 37.4. The maximum Gasteiger partial charge on any atom is 0.508 e. The molecule has 2 saturated carbocycles. The molecule has 2 aliphatic rings. The van der Waals surface area contributed by atoms with Crippen LogP contribution in [0.15, 0.2) is 0 Å². The molecule has 10 heteroatoms. The van der Waals surface area contributed by atoms with Crippen LogP contribution < -0.4 is 0 Å². The number of ether oxygens (including phenoxy) is 3. The molecule has 0 amide bonds. The molecule has 0 heterocycles. The predicted molar refractivity (Wildman–Crippen MR) is 180 cm³/mol. The number of carbonyl (C=O) groups is 2. The van der Waals surface area contributed by atoms with Crippen LogP contribution in [0.3, 0.4) is 0 Å². The quantitative estimate of drug-likeness (QED) is 0.131. The van der Waals surface area contributed by atoms with E-state index in [2.05, 4.69) is 60.1 Å². The molecule has 0 aliphatic heterocycles. The van der Waals surface area contributed by atoms with Crippen molar-refractivity contribution >= 4 is 47.2 Å². The summed E-state index contributed by atoms with van der Waals surface area (Å²) in [7, 11) is 0. The average Bonchev–Trinajstić information content (AvgIpc) is 3.35. The van der Waals surface area contributed by atoms with Crippen LogP contribution in [0.1, 0.15) is 134 Å². The zero-order valence-electron chi connectivity index (χ0n) is 28.7. The van der Waals surface area contributed by atoms with E-state index >= 15 is 0 Å². The van der Waals surface area contributed by atoms with Gasteiger partial charge in [-0.15, -0.1) is 24.0 Å². The van der Waals surface area contributed by atoms with E-state index in [1.807, 2.05) is 20.8 Å². The average molecular weight is 1070 g/mol. The van der Waals surface area contributed by atoms with Crippen LogP contribution in [0.25, 0.3) is 0 Å². The first kappa shape index (κ1) is 55.5. The summed E-state index contributed by atoms with van der Waals surface area (Å²) in [5.74, 6) is 1.21. The normalized spacial score (nSPS) is 15.0. The molecule has 0 aromatic carbocycles. The Morgan fingerprint density at radius 2 is 0.976 bits per heavy atom. The van der Waals surface area contributed by atoms with Crippen LogP contribution in [0.4, 0.5) is 9.59 Å². The van der Waals surface area contributed by atoms with Crippen LogP contribution >= 0.6 is 35.6 Å². The Hall–Kier alpha value is 1.10. The number of hydrogen-bond donors (Lipinski definition) is 1. The molecule has 0 aromatic rings. The minimum Gasteiger partial charge on any atom is -0.448 e. The fourth-order valence-electron chi connectivity index (χ4n) is 3.08. The molecule has 1 N–H and O–H groups in total. The minimum absolute atomic E-state index is 0. The van der Waals surface area contributed by atoms with E-state index in [1.54, 1.807) is 20.8 Å². The Labute approximate surface area is 311 Å². The molecule has 0 saturated heterocycles. The Morgan fingerprint density at radius 3 is 1.17 bits per heavy atom.